The van der Waals surface area contributed by atoms with E-state index in [2.05, 4.69) is 10.6 Å². The third kappa shape index (κ3) is 5.57. The van der Waals surface area contributed by atoms with E-state index < -0.39 is 30.1 Å². The third-order valence-electron chi connectivity index (χ3n) is 3.69. The number of carbonyl (C=O) groups excluding carboxylic acids is 3. The Morgan fingerprint density at radius 1 is 1.31 bits per heavy atom. The zero-order valence-corrected chi connectivity index (χ0v) is 15.3. The lowest BCUT2D eigenvalue weighted by Crippen LogP contribution is -2.50. The predicted octanol–water partition coefficient (Wildman–Crippen LogP) is 1.09. The summed E-state index contributed by atoms with van der Waals surface area (Å²) in [6.07, 6.45) is 1.26. The molecular weight excluding hydrogens is 360 g/mol. The smallest absolute Gasteiger partial charge is 0.287 e. The average Bonchev–Trinajstić information content (AvgIpc) is 2.56. The maximum absolute atomic E-state index is 12.3. The minimum absolute atomic E-state index is 0.161. The van der Waals surface area contributed by atoms with Gasteiger partial charge in [-0.1, -0.05) is 23.7 Å². The molecule has 0 spiro atoms. The Morgan fingerprint density at radius 3 is 2.54 bits per heavy atom. The Labute approximate surface area is 156 Å². The number of amides is 2. The summed E-state index contributed by atoms with van der Waals surface area (Å²) in [7, 11) is 0. The molecule has 0 saturated carbocycles. The first-order valence-electron chi connectivity index (χ1n) is 8.07. The van der Waals surface area contributed by atoms with Crippen molar-refractivity contribution in [2.75, 3.05) is 6.61 Å². The maximum atomic E-state index is 12.3. The topological polar surface area (TPSA) is 105 Å². The van der Waals surface area contributed by atoms with Crippen molar-refractivity contribution >= 4 is 29.2 Å². The van der Waals surface area contributed by atoms with Crippen molar-refractivity contribution in [2.45, 2.75) is 38.5 Å². The van der Waals surface area contributed by atoms with Crippen molar-refractivity contribution in [2.24, 2.45) is 0 Å². The van der Waals surface area contributed by atoms with Crippen LogP contribution in [0.2, 0.25) is 5.02 Å². The standard InChI is InChI=1S/C18H21ClN2O5/c1-18(2)8-13(23)7-15(26-18)17(25)21-14(10-22)16(24)20-9-11-3-5-12(19)6-4-11/h3-7,14,22H,8-10H2,1-2H3,(H,20,24)(H,21,25). The number of hydrogen-bond donors (Lipinski definition) is 3. The van der Waals surface area contributed by atoms with E-state index in [0.717, 1.165) is 11.6 Å². The molecule has 0 saturated heterocycles. The van der Waals surface area contributed by atoms with E-state index in [-0.39, 0.29) is 24.5 Å². The molecular formula is C18H21ClN2O5. The summed E-state index contributed by atoms with van der Waals surface area (Å²) in [6.45, 7) is 3.00. The predicted molar refractivity (Wildman–Crippen MR) is 95.2 cm³/mol. The van der Waals surface area contributed by atoms with Crippen LogP contribution in [0.3, 0.4) is 0 Å². The highest BCUT2D eigenvalue weighted by molar-refractivity contribution is 6.30. The molecule has 1 aliphatic rings. The van der Waals surface area contributed by atoms with Crippen LogP contribution in [0.5, 0.6) is 0 Å². The Balaban J connectivity index is 1.95. The fourth-order valence-corrected chi connectivity index (χ4v) is 2.56. The Bertz CT molecular complexity index is 728. The molecule has 2 rings (SSSR count). The van der Waals surface area contributed by atoms with E-state index in [1.54, 1.807) is 38.1 Å². The Hall–Kier alpha value is -2.38. The van der Waals surface area contributed by atoms with Crippen LogP contribution >= 0.6 is 11.6 Å². The molecule has 140 valence electrons. The van der Waals surface area contributed by atoms with Crippen LogP contribution in [0.25, 0.3) is 0 Å². The van der Waals surface area contributed by atoms with Crippen LogP contribution in [0.1, 0.15) is 25.8 Å². The lowest BCUT2D eigenvalue weighted by Gasteiger charge is -2.30. The number of halogens is 1. The molecule has 0 aliphatic carbocycles. The largest absolute Gasteiger partial charge is 0.482 e. The quantitative estimate of drug-likeness (QED) is 0.685. The normalized spacial score (nSPS) is 16.9. The molecule has 3 N–H and O–H groups in total. The lowest BCUT2D eigenvalue weighted by atomic mass is 9.98. The highest BCUT2D eigenvalue weighted by Gasteiger charge is 2.33. The zero-order valence-electron chi connectivity index (χ0n) is 14.5. The first kappa shape index (κ1) is 19.9. The first-order valence-corrected chi connectivity index (χ1v) is 8.45. The van der Waals surface area contributed by atoms with Gasteiger partial charge in [0.1, 0.15) is 11.6 Å². The molecule has 0 bridgehead atoms. The second-order valence-electron chi connectivity index (χ2n) is 6.57. The number of aliphatic hydroxyl groups excluding tert-OH is 1. The van der Waals surface area contributed by atoms with E-state index in [1.807, 2.05) is 0 Å². The Morgan fingerprint density at radius 2 is 1.96 bits per heavy atom. The summed E-state index contributed by atoms with van der Waals surface area (Å²) in [5, 5.41) is 15.0. The second-order valence-corrected chi connectivity index (χ2v) is 7.00. The third-order valence-corrected chi connectivity index (χ3v) is 3.94. The zero-order chi connectivity index (χ0) is 19.3. The van der Waals surface area contributed by atoms with Gasteiger partial charge in [-0.3, -0.25) is 14.4 Å². The van der Waals surface area contributed by atoms with Gasteiger partial charge in [0.15, 0.2) is 11.5 Å². The molecule has 0 aromatic heterocycles. The van der Waals surface area contributed by atoms with Crippen LogP contribution in [0.4, 0.5) is 0 Å². The number of benzene rings is 1. The van der Waals surface area contributed by atoms with Gasteiger partial charge in [0, 0.05) is 24.1 Å². The van der Waals surface area contributed by atoms with Gasteiger partial charge in [0.25, 0.3) is 5.91 Å². The van der Waals surface area contributed by atoms with Gasteiger partial charge in [-0.05, 0) is 31.5 Å². The molecule has 1 aliphatic heterocycles. The van der Waals surface area contributed by atoms with E-state index in [1.165, 1.54) is 0 Å². The number of hydrogen-bond acceptors (Lipinski definition) is 5. The molecule has 2 amide bonds. The molecule has 1 aromatic carbocycles. The van der Waals surface area contributed by atoms with Crippen molar-refractivity contribution in [1.29, 1.82) is 0 Å². The molecule has 0 fully saturated rings. The molecule has 0 radical (unpaired) electrons. The molecule has 1 unspecified atom stereocenters. The van der Waals surface area contributed by atoms with Crippen LogP contribution in [0.15, 0.2) is 36.1 Å². The van der Waals surface area contributed by atoms with Crippen LogP contribution in [-0.4, -0.2) is 41.0 Å². The SMILES string of the molecule is CC1(C)CC(=O)C=C(C(=O)NC(CO)C(=O)NCc2ccc(Cl)cc2)O1. The summed E-state index contributed by atoms with van der Waals surface area (Å²) in [5.41, 5.74) is 0.0146. The van der Waals surface area contributed by atoms with Gasteiger partial charge in [-0.25, -0.2) is 0 Å². The van der Waals surface area contributed by atoms with Crippen LogP contribution in [0, 0.1) is 0 Å². The van der Waals surface area contributed by atoms with Gasteiger partial charge in [-0.2, -0.15) is 0 Å². The molecule has 1 aromatic rings. The second kappa shape index (κ2) is 8.33. The number of ketones is 1. The summed E-state index contributed by atoms with van der Waals surface area (Å²) in [4.78, 5) is 36.1. The average molecular weight is 381 g/mol. The maximum Gasteiger partial charge on any atom is 0.287 e. The van der Waals surface area contributed by atoms with Crippen molar-refractivity contribution in [3.05, 3.63) is 46.7 Å². The summed E-state index contributed by atoms with van der Waals surface area (Å²) in [6, 6.07) is 5.73. The van der Waals surface area contributed by atoms with Gasteiger partial charge in [0.05, 0.1) is 6.61 Å². The summed E-state index contributed by atoms with van der Waals surface area (Å²) >= 11 is 5.80. The minimum atomic E-state index is -1.17. The van der Waals surface area contributed by atoms with Crippen LogP contribution in [-0.2, 0) is 25.7 Å². The van der Waals surface area contributed by atoms with Crippen LogP contribution < -0.4 is 10.6 Å². The van der Waals surface area contributed by atoms with E-state index in [0.29, 0.717) is 5.02 Å². The van der Waals surface area contributed by atoms with Gasteiger partial charge in [0.2, 0.25) is 5.91 Å². The van der Waals surface area contributed by atoms with Crippen molar-refractivity contribution in [1.82, 2.24) is 10.6 Å². The summed E-state index contributed by atoms with van der Waals surface area (Å²) in [5.74, 6) is -1.70. The molecule has 1 atom stereocenters. The molecule has 8 heteroatoms. The molecule has 1 heterocycles. The summed E-state index contributed by atoms with van der Waals surface area (Å²) < 4.78 is 5.47. The number of allylic oxidation sites excluding steroid dienone is 1. The van der Waals surface area contributed by atoms with Crippen molar-refractivity contribution in [3.63, 3.8) is 0 Å². The molecule has 7 nitrogen and oxygen atoms in total. The van der Waals surface area contributed by atoms with Gasteiger partial charge in [-0.15, -0.1) is 0 Å². The number of carbonyl (C=O) groups is 3. The first-order chi connectivity index (χ1) is 12.2. The highest BCUT2D eigenvalue weighted by atomic mass is 35.5. The lowest BCUT2D eigenvalue weighted by molar-refractivity contribution is -0.134. The number of aliphatic hydroxyl groups is 1. The monoisotopic (exact) mass is 380 g/mol. The van der Waals surface area contributed by atoms with Gasteiger partial charge < -0.3 is 20.5 Å². The number of ether oxygens (including phenoxy) is 1. The van der Waals surface area contributed by atoms with Crippen molar-refractivity contribution in [3.8, 4) is 0 Å². The molecule has 26 heavy (non-hydrogen) atoms. The Kier molecular flexibility index (Phi) is 6.39. The van der Waals surface area contributed by atoms with Gasteiger partial charge >= 0.3 is 0 Å². The van der Waals surface area contributed by atoms with E-state index >= 15 is 0 Å². The minimum Gasteiger partial charge on any atom is -0.482 e. The van der Waals surface area contributed by atoms with E-state index in [4.69, 9.17) is 16.3 Å². The fourth-order valence-electron chi connectivity index (χ4n) is 2.43. The fraction of sp³-hybridized carbons (Fsp3) is 0.389. The van der Waals surface area contributed by atoms with Crippen molar-refractivity contribution < 1.29 is 24.2 Å². The number of rotatable bonds is 6. The number of nitrogens with one attached hydrogen (secondary N) is 2. The van der Waals surface area contributed by atoms with E-state index in [9.17, 15) is 19.5 Å². The highest BCUT2D eigenvalue weighted by Crippen LogP contribution is 2.24.